The minimum atomic E-state index is -3.88. The molecule has 0 aromatic rings. The van der Waals surface area contributed by atoms with E-state index in [4.69, 9.17) is 19.6 Å². The molecule has 0 aromatic carbocycles. The molecule has 8 fully saturated rings. The number of nitrogens with one attached hydrogen (secondary N) is 4. The lowest BCUT2D eigenvalue weighted by molar-refractivity contribution is -0.0194. The Balaban J connectivity index is 0.000000307. The predicted molar refractivity (Wildman–Crippen MR) is 193 cm³/mol. The van der Waals surface area contributed by atoms with Crippen LogP contribution >= 0.6 is 36.4 Å². The van der Waals surface area contributed by atoms with Gasteiger partial charge < -0.3 is 57.3 Å². The van der Waals surface area contributed by atoms with Gasteiger partial charge in [-0.05, 0) is 161 Å². The fraction of sp³-hybridized carbons (Fsp3) is 1.00. The highest BCUT2D eigenvalue weighted by atomic mass is 32.7. The molecule has 8 aliphatic carbocycles. The normalized spacial score (nSPS) is 34.6. The second kappa shape index (κ2) is 19.5. The van der Waals surface area contributed by atoms with Crippen molar-refractivity contribution in [3.8, 4) is 0 Å². The van der Waals surface area contributed by atoms with E-state index in [2.05, 4.69) is 21.3 Å². The maximum Gasteiger partial charge on any atom is 0.383 e. The van der Waals surface area contributed by atoms with E-state index in [0.717, 1.165) is 110 Å². The van der Waals surface area contributed by atoms with Gasteiger partial charge in [-0.15, -0.1) is 0 Å². The van der Waals surface area contributed by atoms with Crippen LogP contribution < -0.4 is 21.3 Å². The van der Waals surface area contributed by atoms with Crippen molar-refractivity contribution < 1.29 is 45.1 Å². The summed E-state index contributed by atoms with van der Waals surface area (Å²) < 4.78 is 21.4. The third-order valence-corrected chi connectivity index (χ3v) is 15.9. The molecule has 0 radical (unpaired) electrons. The summed E-state index contributed by atoms with van der Waals surface area (Å²) in [6.07, 6.45) is 18.8. The van der Waals surface area contributed by atoms with Crippen LogP contribution in [0.15, 0.2) is 0 Å². The van der Waals surface area contributed by atoms with Gasteiger partial charge >= 0.3 is 13.6 Å². The number of hydrogen-bond donors (Lipinski definition) is 8. The average Bonchev–Trinajstić information content (AvgIpc) is 2.89. The molecule has 8 aliphatic rings. The molecule has 8 bridgehead atoms. The van der Waals surface area contributed by atoms with Crippen molar-refractivity contribution in [2.75, 3.05) is 50.8 Å². The fourth-order valence-corrected chi connectivity index (χ4v) is 13.7. The highest BCUT2D eigenvalue weighted by Gasteiger charge is 2.51. The van der Waals surface area contributed by atoms with Crippen molar-refractivity contribution in [1.82, 2.24) is 21.3 Å². The highest BCUT2D eigenvalue weighted by molar-refractivity contribution is 8.54. The van der Waals surface area contributed by atoms with Gasteiger partial charge in [-0.3, -0.25) is 0 Å². The van der Waals surface area contributed by atoms with Gasteiger partial charge in [0.2, 0.25) is 0 Å². The van der Waals surface area contributed by atoms with E-state index in [9.17, 15) is 9.13 Å². The molecular formula is C30H64N4O9P2S2. The lowest BCUT2D eigenvalue weighted by Gasteiger charge is -2.57. The Hall–Kier alpha value is 0.720. The quantitative estimate of drug-likeness (QED) is 0.0741. The highest BCUT2D eigenvalue weighted by Crippen LogP contribution is 2.57. The second-order valence-electron chi connectivity index (χ2n) is 15.1. The Kier molecular flexibility index (Phi) is 18.2. The molecule has 47 heavy (non-hydrogen) atoms. The lowest BCUT2D eigenvalue weighted by Crippen LogP contribution is -2.59. The van der Waals surface area contributed by atoms with Crippen molar-refractivity contribution in [1.29, 1.82) is 0 Å². The first-order valence-electron chi connectivity index (χ1n) is 17.2. The second-order valence-corrected chi connectivity index (χ2v) is 22.8. The van der Waals surface area contributed by atoms with Crippen LogP contribution in [0.2, 0.25) is 0 Å². The average molecular weight is 751 g/mol. The lowest BCUT2D eigenvalue weighted by atomic mass is 9.53. The summed E-state index contributed by atoms with van der Waals surface area (Å²) in [7, 11) is 0. The van der Waals surface area contributed by atoms with E-state index in [-0.39, 0.29) is 16.4 Å². The fourth-order valence-electron chi connectivity index (χ4n) is 10.5. The van der Waals surface area contributed by atoms with E-state index >= 15 is 0 Å². The molecule has 8 saturated carbocycles. The van der Waals surface area contributed by atoms with Gasteiger partial charge in [0.1, 0.15) is 0 Å². The van der Waals surface area contributed by atoms with E-state index in [1.807, 2.05) is 0 Å². The first-order chi connectivity index (χ1) is 20.9. The summed E-state index contributed by atoms with van der Waals surface area (Å²) in [5.41, 5.74) is 0.874. The van der Waals surface area contributed by atoms with Crippen LogP contribution in [-0.2, 0) is 9.13 Å². The van der Waals surface area contributed by atoms with Crippen molar-refractivity contribution in [3.63, 3.8) is 0 Å². The molecular weight excluding hydrogens is 686 g/mol. The smallest absolute Gasteiger partial charge is 0.383 e. The molecule has 0 heterocycles. The minimum Gasteiger partial charge on any atom is -0.412 e. The topological polar surface area (TPSA) is 258 Å². The summed E-state index contributed by atoms with van der Waals surface area (Å²) in [4.78, 5) is 35.0. The van der Waals surface area contributed by atoms with Gasteiger partial charge in [0, 0.05) is 48.8 Å². The molecule has 0 aromatic heterocycles. The SMILES string of the molecule is O.O.O.O=P(O)(O)SCCCNCCNC12CC3CC(CC(C3)C1)C2.O=P(O)(O)SCCCNCCNC12CC3CC(CC(C3)C1)C2. The van der Waals surface area contributed by atoms with Crippen molar-refractivity contribution >= 4 is 36.4 Å². The van der Waals surface area contributed by atoms with Crippen LogP contribution in [0.4, 0.5) is 0 Å². The van der Waals surface area contributed by atoms with Crippen LogP contribution in [0.25, 0.3) is 0 Å². The summed E-state index contributed by atoms with van der Waals surface area (Å²) in [5, 5.41) is 14.5. The van der Waals surface area contributed by atoms with E-state index in [1.165, 1.54) is 77.0 Å². The Morgan fingerprint density at radius 2 is 0.766 bits per heavy atom. The molecule has 0 unspecified atom stereocenters. The summed E-state index contributed by atoms with van der Waals surface area (Å²) >= 11 is 1.49. The molecule has 0 amide bonds. The van der Waals surface area contributed by atoms with E-state index < -0.39 is 13.6 Å². The zero-order chi connectivity index (χ0) is 31.3. The number of hydrogen-bond acceptors (Lipinski definition) is 8. The van der Waals surface area contributed by atoms with E-state index in [0.29, 0.717) is 22.6 Å². The zero-order valence-electron chi connectivity index (χ0n) is 27.8. The van der Waals surface area contributed by atoms with Crippen molar-refractivity contribution in [3.05, 3.63) is 0 Å². The summed E-state index contributed by atoms with van der Waals surface area (Å²) in [6.45, 7) is -2.19. The van der Waals surface area contributed by atoms with Crippen LogP contribution in [-0.4, -0.2) is 97.9 Å². The zero-order valence-corrected chi connectivity index (χ0v) is 31.3. The van der Waals surface area contributed by atoms with Crippen LogP contribution in [0.5, 0.6) is 0 Å². The molecule has 8 rings (SSSR count). The van der Waals surface area contributed by atoms with Gasteiger partial charge in [0.05, 0.1) is 0 Å². The van der Waals surface area contributed by atoms with Crippen LogP contribution in [0.1, 0.15) is 89.9 Å². The molecule has 0 saturated heterocycles. The standard InChI is InChI=1S/2C15H29N2O3PS.3H2O/c2*18-21(19,20)22-5-1-2-16-3-4-17-15-9-12-6-13(10-15)8-14(7-12)11-15;;;/h2*12-14,16-17H,1-11H2,(H2,18,19,20);3*1H2. The first-order valence-corrected chi connectivity index (χ1v) is 23.6. The molecule has 14 N–H and O–H groups in total. The van der Waals surface area contributed by atoms with Gasteiger partial charge in [-0.1, -0.05) is 0 Å². The third-order valence-electron chi connectivity index (χ3n) is 11.2. The largest absolute Gasteiger partial charge is 0.412 e. The molecule has 280 valence electrons. The summed E-state index contributed by atoms with van der Waals surface area (Å²) in [6, 6.07) is 0. The maximum absolute atomic E-state index is 10.7. The molecule has 0 aliphatic heterocycles. The molecule has 13 nitrogen and oxygen atoms in total. The Bertz CT molecular complexity index is 873. The van der Waals surface area contributed by atoms with Gasteiger partial charge in [0.25, 0.3) is 0 Å². The van der Waals surface area contributed by atoms with Gasteiger partial charge in [-0.2, -0.15) is 0 Å². The summed E-state index contributed by atoms with van der Waals surface area (Å²) in [5.74, 6) is 6.92. The van der Waals surface area contributed by atoms with Crippen LogP contribution in [0, 0.1) is 35.5 Å². The molecule has 17 heteroatoms. The Morgan fingerprint density at radius 3 is 1.02 bits per heavy atom. The number of rotatable bonds is 18. The maximum atomic E-state index is 10.7. The first kappa shape index (κ1) is 43.9. The molecule has 0 atom stereocenters. The Morgan fingerprint density at radius 1 is 0.489 bits per heavy atom. The van der Waals surface area contributed by atoms with E-state index in [1.54, 1.807) is 0 Å². The van der Waals surface area contributed by atoms with Gasteiger partial charge in [0.15, 0.2) is 0 Å². The Labute approximate surface area is 289 Å². The minimum absolute atomic E-state index is 0. The van der Waals surface area contributed by atoms with Crippen LogP contribution in [0.3, 0.4) is 0 Å². The van der Waals surface area contributed by atoms with Gasteiger partial charge in [-0.25, -0.2) is 9.13 Å². The monoisotopic (exact) mass is 750 g/mol. The predicted octanol–water partition coefficient (Wildman–Crippen LogP) is 2.23. The van der Waals surface area contributed by atoms with Crippen molar-refractivity contribution in [2.24, 2.45) is 35.5 Å². The van der Waals surface area contributed by atoms with Crippen molar-refractivity contribution in [2.45, 2.75) is 101 Å². The third kappa shape index (κ3) is 14.3. The molecule has 0 spiro atoms.